The van der Waals surface area contributed by atoms with Crippen LogP contribution in [0.5, 0.6) is 0 Å². The van der Waals surface area contributed by atoms with Crippen molar-refractivity contribution in [3.63, 3.8) is 0 Å². The van der Waals surface area contributed by atoms with Gasteiger partial charge in [-0.25, -0.2) is 4.79 Å². The van der Waals surface area contributed by atoms with Gasteiger partial charge < -0.3 is 9.64 Å². The number of likely N-dealkylation sites (tertiary alicyclic amines) is 1. The Labute approximate surface area is 108 Å². The quantitative estimate of drug-likeness (QED) is 0.690. The van der Waals surface area contributed by atoms with Gasteiger partial charge in [0.05, 0.1) is 0 Å². The maximum absolute atomic E-state index is 13.0. The van der Waals surface area contributed by atoms with Crippen LogP contribution >= 0.6 is 0 Å². The lowest BCUT2D eigenvalue weighted by Gasteiger charge is -2.27. The Balaban J connectivity index is 2.73. The van der Waals surface area contributed by atoms with Crippen molar-refractivity contribution < 1.29 is 21.8 Å². The van der Waals surface area contributed by atoms with Crippen LogP contribution in [0.1, 0.15) is 40.0 Å². The van der Waals surface area contributed by atoms with Gasteiger partial charge in [0.25, 0.3) is 0 Å². The van der Waals surface area contributed by atoms with Crippen molar-refractivity contribution in [2.45, 2.75) is 50.9 Å². The molecule has 5 nitrogen and oxygen atoms in total. The lowest BCUT2D eigenvalue weighted by atomic mass is 10.2. The molecule has 1 fully saturated rings. The number of carbonyl (C=O) groups is 1. The molecule has 0 radical (unpaired) electrons. The van der Waals surface area contributed by atoms with Crippen LogP contribution in [0.4, 0.5) is 8.68 Å². The van der Waals surface area contributed by atoms with Gasteiger partial charge in [-0.05, 0) is 33.6 Å². The van der Waals surface area contributed by atoms with Crippen LogP contribution in [0.3, 0.4) is 0 Å². The van der Waals surface area contributed by atoms with Gasteiger partial charge in [0.2, 0.25) is 0 Å². The Bertz CT molecular complexity index is 402. The number of hydrogen-bond acceptors (Lipinski definition) is 4. The third kappa shape index (κ3) is 4.80. The predicted octanol–water partition coefficient (Wildman–Crippen LogP) is 2.08. The number of hydrogen-bond donors (Lipinski definition) is 0. The van der Waals surface area contributed by atoms with Crippen LogP contribution < -0.4 is 0 Å². The van der Waals surface area contributed by atoms with E-state index in [9.17, 15) is 17.1 Å². The summed E-state index contributed by atoms with van der Waals surface area (Å²) in [5, 5.41) is -1.13. The fraction of sp³-hybridized carbons (Fsp3) is 0.909. The second kappa shape index (κ2) is 5.42. The Morgan fingerprint density at radius 2 is 1.94 bits per heavy atom. The Morgan fingerprint density at radius 1 is 1.33 bits per heavy atom. The molecule has 0 bridgehead atoms. The lowest BCUT2D eigenvalue weighted by molar-refractivity contribution is 0.0258. The zero-order chi connectivity index (χ0) is 14.0. The molecule has 1 aliphatic heterocycles. The van der Waals surface area contributed by atoms with Crippen molar-refractivity contribution in [2.24, 2.45) is 0 Å². The molecule has 1 unspecified atom stereocenters. The van der Waals surface area contributed by atoms with Gasteiger partial charge >= 0.3 is 16.3 Å². The predicted molar refractivity (Wildman–Crippen MR) is 65.5 cm³/mol. The molecule has 1 aliphatic rings. The van der Waals surface area contributed by atoms with E-state index < -0.39 is 27.2 Å². The van der Waals surface area contributed by atoms with E-state index in [0.717, 1.165) is 0 Å². The van der Waals surface area contributed by atoms with E-state index in [1.165, 1.54) is 4.90 Å². The fourth-order valence-electron chi connectivity index (χ4n) is 1.83. The minimum absolute atomic E-state index is 0.131. The SMILES string of the molecule is CC(C)(C)OC(=O)N1CCCCC(S(=O)(=O)F)C1. The molecule has 0 N–H and O–H groups in total. The topological polar surface area (TPSA) is 63.7 Å². The van der Waals surface area contributed by atoms with E-state index in [-0.39, 0.29) is 13.0 Å². The summed E-state index contributed by atoms with van der Waals surface area (Å²) in [4.78, 5) is 13.1. The highest BCUT2D eigenvalue weighted by atomic mass is 32.3. The molecule has 7 heteroatoms. The third-order valence-electron chi connectivity index (χ3n) is 2.68. The summed E-state index contributed by atoms with van der Waals surface area (Å²) in [5.74, 6) is 0. The van der Waals surface area contributed by atoms with Crippen LogP contribution in [-0.4, -0.2) is 43.4 Å². The summed E-state index contributed by atoms with van der Waals surface area (Å²) in [7, 11) is -4.61. The highest BCUT2D eigenvalue weighted by Gasteiger charge is 2.32. The minimum Gasteiger partial charge on any atom is -0.444 e. The highest BCUT2D eigenvalue weighted by Crippen LogP contribution is 2.20. The summed E-state index contributed by atoms with van der Waals surface area (Å²) >= 11 is 0. The lowest BCUT2D eigenvalue weighted by Crippen LogP contribution is -2.41. The first-order valence-electron chi connectivity index (χ1n) is 6.01. The normalized spacial score (nSPS) is 22.4. The summed E-state index contributed by atoms with van der Waals surface area (Å²) in [5.41, 5.74) is -0.645. The molecule has 0 spiro atoms. The number of halogens is 1. The monoisotopic (exact) mass is 281 g/mol. The highest BCUT2D eigenvalue weighted by molar-refractivity contribution is 7.87. The van der Waals surface area contributed by atoms with Crippen molar-refractivity contribution in [3.8, 4) is 0 Å². The van der Waals surface area contributed by atoms with Crippen LogP contribution in [0.2, 0.25) is 0 Å². The van der Waals surface area contributed by atoms with E-state index in [4.69, 9.17) is 4.74 Å². The average molecular weight is 281 g/mol. The van der Waals surface area contributed by atoms with E-state index in [1.54, 1.807) is 20.8 Å². The maximum atomic E-state index is 13.0. The molecule has 1 rings (SSSR count). The second-order valence-electron chi connectivity index (χ2n) is 5.52. The van der Waals surface area contributed by atoms with Gasteiger partial charge in [0, 0.05) is 13.1 Å². The van der Waals surface area contributed by atoms with Gasteiger partial charge in [0.15, 0.2) is 0 Å². The molecule has 1 amide bonds. The summed E-state index contributed by atoms with van der Waals surface area (Å²) in [6.45, 7) is 5.46. The number of amides is 1. The molecular weight excluding hydrogens is 261 g/mol. The fourth-order valence-corrected chi connectivity index (χ4v) is 2.63. The molecule has 1 heterocycles. The van der Waals surface area contributed by atoms with Gasteiger partial charge in [0.1, 0.15) is 10.9 Å². The first kappa shape index (κ1) is 15.2. The number of carbonyl (C=O) groups excluding carboxylic acids is 1. The molecule has 1 atom stereocenters. The third-order valence-corrected chi connectivity index (χ3v) is 3.86. The zero-order valence-electron chi connectivity index (χ0n) is 11.0. The van der Waals surface area contributed by atoms with Gasteiger partial charge in [-0.2, -0.15) is 8.42 Å². The number of ether oxygens (including phenoxy) is 1. The van der Waals surface area contributed by atoms with E-state index in [1.807, 2.05) is 0 Å². The maximum Gasteiger partial charge on any atom is 0.410 e. The Hall–Kier alpha value is -0.850. The van der Waals surface area contributed by atoms with Crippen LogP contribution in [0, 0.1) is 0 Å². The van der Waals surface area contributed by atoms with Gasteiger partial charge in [-0.15, -0.1) is 3.89 Å². The van der Waals surface area contributed by atoms with Crippen molar-refractivity contribution in [1.82, 2.24) is 4.90 Å². The van der Waals surface area contributed by atoms with E-state index in [2.05, 4.69) is 0 Å². The second-order valence-corrected chi connectivity index (χ2v) is 7.14. The molecule has 1 saturated heterocycles. The first-order valence-corrected chi connectivity index (χ1v) is 7.45. The molecule has 0 saturated carbocycles. The average Bonchev–Trinajstić information content (AvgIpc) is 2.38. The minimum atomic E-state index is -4.61. The van der Waals surface area contributed by atoms with Crippen LogP contribution in [-0.2, 0) is 15.0 Å². The summed E-state index contributed by atoms with van der Waals surface area (Å²) in [6, 6.07) is 0. The summed E-state index contributed by atoms with van der Waals surface area (Å²) < 4.78 is 40.1. The zero-order valence-corrected chi connectivity index (χ0v) is 11.8. The molecule has 18 heavy (non-hydrogen) atoms. The van der Waals surface area contributed by atoms with Crippen molar-refractivity contribution in [1.29, 1.82) is 0 Å². The summed E-state index contributed by atoms with van der Waals surface area (Å²) in [6.07, 6.45) is 0.911. The Kier molecular flexibility index (Phi) is 4.58. The molecule has 0 aliphatic carbocycles. The molecule has 106 valence electrons. The standard InChI is InChI=1S/C11H20FNO4S/c1-11(2,3)17-10(14)13-7-5-4-6-9(8-13)18(12,15)16/h9H,4-8H2,1-3H3. The number of nitrogens with zero attached hydrogens (tertiary/aromatic N) is 1. The van der Waals surface area contributed by atoms with E-state index >= 15 is 0 Å². The molecule has 0 aromatic heterocycles. The van der Waals surface area contributed by atoms with Crippen LogP contribution in [0.15, 0.2) is 0 Å². The van der Waals surface area contributed by atoms with E-state index in [0.29, 0.717) is 19.4 Å². The van der Waals surface area contributed by atoms with Gasteiger partial charge in [-0.3, -0.25) is 0 Å². The van der Waals surface area contributed by atoms with Crippen molar-refractivity contribution >= 4 is 16.3 Å². The molecule has 0 aromatic carbocycles. The van der Waals surface area contributed by atoms with Gasteiger partial charge in [-0.1, -0.05) is 6.42 Å². The smallest absolute Gasteiger partial charge is 0.410 e. The number of rotatable bonds is 1. The molecule has 0 aromatic rings. The van der Waals surface area contributed by atoms with Crippen LogP contribution in [0.25, 0.3) is 0 Å². The Morgan fingerprint density at radius 3 is 2.44 bits per heavy atom. The van der Waals surface area contributed by atoms with Crippen molar-refractivity contribution in [2.75, 3.05) is 13.1 Å². The molecular formula is C11H20FNO4S. The first-order chi connectivity index (χ1) is 8.09. The van der Waals surface area contributed by atoms with Crippen molar-refractivity contribution in [3.05, 3.63) is 0 Å². The largest absolute Gasteiger partial charge is 0.444 e.